The van der Waals surface area contributed by atoms with Crippen molar-refractivity contribution in [3.8, 4) is 16.9 Å². The van der Waals surface area contributed by atoms with Crippen LogP contribution in [-0.2, 0) is 26.3 Å². The number of hydrogen-bond donors (Lipinski definition) is 0. The third kappa shape index (κ3) is 6.44. The molecule has 0 unspecified atom stereocenters. The number of esters is 1. The van der Waals surface area contributed by atoms with Gasteiger partial charge in [-0.2, -0.15) is 0 Å². The Labute approximate surface area is 208 Å². The van der Waals surface area contributed by atoms with Crippen LogP contribution < -0.4 is 9.64 Å². The summed E-state index contributed by atoms with van der Waals surface area (Å²) in [6, 6.07) is 18.5. The van der Waals surface area contributed by atoms with Gasteiger partial charge in [0, 0.05) is 5.69 Å². The summed E-state index contributed by atoms with van der Waals surface area (Å²) in [6.07, 6.45) is -4.78. The summed E-state index contributed by atoms with van der Waals surface area (Å²) >= 11 is 0. The zero-order valence-electron chi connectivity index (χ0n) is 20.8. The average molecular weight is 500 g/mol. The number of rotatable bonds is 5. The Morgan fingerprint density at radius 1 is 0.889 bits per heavy atom. The maximum atomic E-state index is 13.0. The number of anilines is 1. The van der Waals surface area contributed by atoms with E-state index in [0.717, 1.165) is 18.2 Å². The van der Waals surface area contributed by atoms with Gasteiger partial charge in [0.25, 0.3) is 0 Å². The molecule has 0 bridgehead atoms. The maximum absolute atomic E-state index is 13.0. The van der Waals surface area contributed by atoms with Crippen molar-refractivity contribution in [1.82, 2.24) is 0 Å². The van der Waals surface area contributed by atoms with Crippen LogP contribution in [-0.4, -0.2) is 25.3 Å². The van der Waals surface area contributed by atoms with Crippen LogP contribution in [0.15, 0.2) is 66.7 Å². The Bertz CT molecular complexity index is 1230. The molecule has 36 heavy (non-hydrogen) atoms. The van der Waals surface area contributed by atoms with E-state index >= 15 is 0 Å². The molecular weight excluding hydrogens is 471 g/mol. The van der Waals surface area contributed by atoms with Gasteiger partial charge in [-0.3, -0.25) is 9.69 Å². The van der Waals surface area contributed by atoms with Gasteiger partial charge in [-0.05, 0) is 58.4 Å². The number of halogens is 3. The number of carbonyl (C=O) groups is 2. The molecule has 190 valence electrons. The second-order valence-corrected chi connectivity index (χ2v) is 9.35. The molecule has 0 heterocycles. The Hall–Kier alpha value is -3.81. The monoisotopic (exact) mass is 499 g/mol. The third-order valence-electron chi connectivity index (χ3n) is 5.76. The maximum Gasteiger partial charge on any atom is 0.573 e. The van der Waals surface area contributed by atoms with Crippen molar-refractivity contribution in [2.75, 3.05) is 12.0 Å². The van der Waals surface area contributed by atoms with E-state index in [4.69, 9.17) is 0 Å². The molecule has 0 aromatic heterocycles. The van der Waals surface area contributed by atoms with Gasteiger partial charge in [-0.25, -0.2) is 4.79 Å². The van der Waals surface area contributed by atoms with Crippen LogP contribution in [0.25, 0.3) is 11.1 Å². The summed E-state index contributed by atoms with van der Waals surface area (Å²) in [4.78, 5) is 26.6. The van der Waals surface area contributed by atoms with Crippen molar-refractivity contribution in [2.45, 2.75) is 46.0 Å². The number of nitrogens with zero attached hydrogens (tertiary/aromatic N) is 1. The molecule has 0 radical (unpaired) electrons. The number of alkyl halides is 3. The van der Waals surface area contributed by atoms with Crippen LogP contribution in [0.1, 0.15) is 37.5 Å². The standard InChI is InChI=1S/C28H28F3NO4/c1-18-23(20-11-15-22(16-12-20)36-28(29,30)31)7-6-8-24(18)32(25(33)26(34)35-5)17-19-9-13-21(14-10-19)27(2,3)4/h6-16H,17H2,1-5H3. The molecule has 0 aliphatic heterocycles. The smallest absolute Gasteiger partial charge is 0.462 e. The van der Waals surface area contributed by atoms with E-state index in [1.807, 2.05) is 24.3 Å². The number of benzene rings is 3. The minimum atomic E-state index is -4.78. The lowest BCUT2D eigenvalue weighted by atomic mass is 9.86. The summed E-state index contributed by atoms with van der Waals surface area (Å²) in [6.45, 7) is 8.22. The molecule has 0 saturated carbocycles. The summed E-state index contributed by atoms with van der Waals surface area (Å²) in [5, 5.41) is 0. The van der Waals surface area contributed by atoms with Gasteiger partial charge in [0.1, 0.15) is 5.75 Å². The van der Waals surface area contributed by atoms with Crippen molar-refractivity contribution in [3.05, 3.63) is 83.4 Å². The Kier molecular flexibility index (Phi) is 7.77. The zero-order valence-corrected chi connectivity index (χ0v) is 20.8. The van der Waals surface area contributed by atoms with Crippen LogP contribution in [0.4, 0.5) is 18.9 Å². The highest BCUT2D eigenvalue weighted by Gasteiger charge is 2.31. The van der Waals surface area contributed by atoms with E-state index in [9.17, 15) is 22.8 Å². The highest BCUT2D eigenvalue weighted by molar-refractivity contribution is 6.38. The van der Waals surface area contributed by atoms with E-state index < -0.39 is 18.2 Å². The molecule has 0 fully saturated rings. The molecule has 5 nitrogen and oxygen atoms in total. The molecule has 0 atom stereocenters. The van der Waals surface area contributed by atoms with Crippen LogP contribution in [0.2, 0.25) is 0 Å². The lowest BCUT2D eigenvalue weighted by Gasteiger charge is -2.25. The molecule has 0 saturated heterocycles. The quantitative estimate of drug-likeness (QED) is 0.295. The van der Waals surface area contributed by atoms with E-state index in [1.54, 1.807) is 25.1 Å². The first-order valence-electron chi connectivity index (χ1n) is 11.2. The molecule has 1 amide bonds. The van der Waals surface area contributed by atoms with Crippen molar-refractivity contribution in [2.24, 2.45) is 0 Å². The highest BCUT2D eigenvalue weighted by atomic mass is 19.4. The van der Waals surface area contributed by atoms with E-state index in [0.29, 0.717) is 22.4 Å². The summed E-state index contributed by atoms with van der Waals surface area (Å²) < 4.78 is 46.1. The molecule has 3 aromatic rings. The van der Waals surface area contributed by atoms with Crippen LogP contribution in [0.3, 0.4) is 0 Å². The zero-order chi connectivity index (χ0) is 26.7. The molecular formula is C28H28F3NO4. The Morgan fingerprint density at radius 2 is 1.50 bits per heavy atom. The van der Waals surface area contributed by atoms with E-state index in [1.165, 1.54) is 29.2 Å². The summed E-state index contributed by atoms with van der Waals surface area (Å²) in [5.74, 6) is -2.16. The molecule has 8 heteroatoms. The molecule has 3 rings (SSSR count). The summed E-state index contributed by atoms with van der Waals surface area (Å²) in [5.41, 5.74) is 4.39. The highest BCUT2D eigenvalue weighted by Crippen LogP contribution is 2.34. The predicted octanol–water partition coefficient (Wildman–Crippen LogP) is 6.56. The van der Waals surface area contributed by atoms with Crippen LogP contribution in [0, 0.1) is 6.92 Å². The number of amides is 1. The SMILES string of the molecule is COC(=O)C(=O)N(Cc1ccc(C(C)(C)C)cc1)c1cccc(-c2ccc(OC(F)(F)F)cc2)c1C. The first-order valence-corrected chi connectivity index (χ1v) is 11.2. The van der Waals surface area contributed by atoms with Crippen LogP contribution >= 0.6 is 0 Å². The van der Waals surface area contributed by atoms with E-state index in [2.05, 4.69) is 30.2 Å². The van der Waals surface area contributed by atoms with Gasteiger partial charge in [0.2, 0.25) is 0 Å². The van der Waals surface area contributed by atoms with Crippen molar-refractivity contribution >= 4 is 17.6 Å². The molecule has 0 spiro atoms. The number of hydrogen-bond acceptors (Lipinski definition) is 4. The van der Waals surface area contributed by atoms with Gasteiger partial charge < -0.3 is 9.47 Å². The molecule has 0 aliphatic rings. The van der Waals surface area contributed by atoms with Gasteiger partial charge in [-0.15, -0.1) is 13.2 Å². The minimum Gasteiger partial charge on any atom is -0.462 e. The van der Waals surface area contributed by atoms with Crippen molar-refractivity contribution in [3.63, 3.8) is 0 Å². The number of methoxy groups -OCH3 is 1. The normalized spacial score (nSPS) is 11.7. The Morgan fingerprint density at radius 3 is 2.03 bits per heavy atom. The fourth-order valence-corrected chi connectivity index (χ4v) is 3.82. The summed E-state index contributed by atoms with van der Waals surface area (Å²) in [7, 11) is 1.14. The largest absolute Gasteiger partial charge is 0.573 e. The predicted molar refractivity (Wildman–Crippen MR) is 132 cm³/mol. The minimum absolute atomic E-state index is 0.0361. The topological polar surface area (TPSA) is 55.8 Å². The second kappa shape index (κ2) is 10.4. The molecule has 0 aliphatic carbocycles. The van der Waals surface area contributed by atoms with Crippen LogP contribution in [0.5, 0.6) is 5.75 Å². The average Bonchev–Trinajstić information content (AvgIpc) is 2.81. The number of carbonyl (C=O) groups excluding carboxylic acids is 2. The van der Waals surface area contributed by atoms with Crippen molar-refractivity contribution < 1.29 is 32.2 Å². The fourth-order valence-electron chi connectivity index (χ4n) is 3.82. The Balaban J connectivity index is 1.99. The molecule has 3 aromatic carbocycles. The van der Waals surface area contributed by atoms with Crippen molar-refractivity contribution in [1.29, 1.82) is 0 Å². The second-order valence-electron chi connectivity index (χ2n) is 9.35. The number of ether oxygens (including phenoxy) is 2. The van der Waals surface area contributed by atoms with Gasteiger partial charge in [0.15, 0.2) is 0 Å². The lowest BCUT2D eigenvalue weighted by molar-refractivity contribution is -0.274. The first-order chi connectivity index (χ1) is 16.8. The third-order valence-corrected chi connectivity index (χ3v) is 5.76. The molecule has 0 N–H and O–H groups in total. The first kappa shape index (κ1) is 26.8. The lowest BCUT2D eigenvalue weighted by Crippen LogP contribution is -2.37. The van der Waals surface area contributed by atoms with E-state index in [-0.39, 0.29) is 17.7 Å². The fraction of sp³-hybridized carbons (Fsp3) is 0.286. The van der Waals surface area contributed by atoms with Gasteiger partial charge in [0.05, 0.1) is 13.7 Å². The van der Waals surface area contributed by atoms with Gasteiger partial charge in [-0.1, -0.05) is 69.3 Å². The van der Waals surface area contributed by atoms with Gasteiger partial charge >= 0.3 is 18.2 Å².